The van der Waals surface area contributed by atoms with E-state index in [0.29, 0.717) is 41.8 Å². The van der Waals surface area contributed by atoms with Crippen LogP contribution in [0.1, 0.15) is 98.3 Å². The summed E-state index contributed by atoms with van der Waals surface area (Å²) in [5.74, 6) is 2.25. The van der Waals surface area contributed by atoms with Gasteiger partial charge in [0.2, 0.25) is 0 Å². The molecule has 4 rings (SSSR count). The lowest BCUT2D eigenvalue weighted by molar-refractivity contribution is -0.124. The third kappa shape index (κ3) is 4.18. The summed E-state index contributed by atoms with van der Waals surface area (Å²) in [7, 11) is 0. The van der Waals surface area contributed by atoms with Crippen LogP contribution in [0.25, 0.3) is 0 Å². The van der Waals surface area contributed by atoms with Gasteiger partial charge in [-0.05, 0) is 81.5 Å². The number of ketones is 2. The van der Waals surface area contributed by atoms with Crippen molar-refractivity contribution in [3.05, 3.63) is 0 Å². The van der Waals surface area contributed by atoms with Crippen molar-refractivity contribution in [2.45, 2.75) is 110 Å². The van der Waals surface area contributed by atoms with E-state index in [2.05, 4.69) is 27.7 Å². The maximum absolute atomic E-state index is 12.7. The number of Topliss-reactive ketones (excluding diaryl/α,β-unsaturated/α-hetero) is 2. The fourth-order valence-corrected chi connectivity index (χ4v) is 5.83. The molecule has 6 unspecified atom stereocenters. The van der Waals surface area contributed by atoms with Crippen LogP contribution >= 0.6 is 0 Å². The van der Waals surface area contributed by atoms with Gasteiger partial charge in [-0.2, -0.15) is 0 Å². The smallest absolute Gasteiger partial charge is 0.136 e. The molecule has 3 aliphatic carbocycles. The minimum atomic E-state index is 0.0767. The second-order valence-corrected chi connectivity index (χ2v) is 11.5. The van der Waals surface area contributed by atoms with Crippen LogP contribution in [0.3, 0.4) is 0 Å². The van der Waals surface area contributed by atoms with E-state index in [4.69, 9.17) is 4.74 Å². The van der Waals surface area contributed by atoms with Gasteiger partial charge in [-0.15, -0.1) is 0 Å². The Kier molecular flexibility index (Phi) is 4.85. The molecule has 0 radical (unpaired) electrons. The molecule has 4 fully saturated rings. The number of ether oxygens (including phenoxy) is 1. The summed E-state index contributed by atoms with van der Waals surface area (Å²) in [6.45, 7) is 9.03. The number of hydrogen-bond donors (Lipinski definition) is 0. The molecule has 0 aromatic carbocycles. The van der Waals surface area contributed by atoms with Crippen molar-refractivity contribution in [3.8, 4) is 0 Å². The zero-order valence-electron chi connectivity index (χ0n) is 17.8. The summed E-state index contributed by atoms with van der Waals surface area (Å²) in [6.07, 6.45) is 11.3. The van der Waals surface area contributed by atoms with Crippen molar-refractivity contribution in [2.75, 3.05) is 0 Å². The summed E-state index contributed by atoms with van der Waals surface area (Å²) >= 11 is 0. The van der Waals surface area contributed by atoms with Crippen LogP contribution in [-0.4, -0.2) is 23.3 Å². The van der Waals surface area contributed by atoms with Crippen molar-refractivity contribution in [2.24, 2.45) is 28.6 Å². The molecular formula is C24H38O3. The van der Waals surface area contributed by atoms with Crippen molar-refractivity contribution in [1.82, 2.24) is 0 Å². The zero-order chi connectivity index (χ0) is 19.4. The minimum Gasteiger partial charge on any atom is -0.366 e. The first-order valence-electron chi connectivity index (χ1n) is 11.3. The fourth-order valence-electron chi connectivity index (χ4n) is 5.83. The summed E-state index contributed by atoms with van der Waals surface area (Å²) < 4.78 is 5.74. The summed E-state index contributed by atoms with van der Waals surface area (Å²) in [4.78, 5) is 25.3. The molecule has 0 amide bonds. The number of hydrogen-bond acceptors (Lipinski definition) is 3. The van der Waals surface area contributed by atoms with E-state index < -0.39 is 0 Å². The average molecular weight is 375 g/mol. The van der Waals surface area contributed by atoms with Gasteiger partial charge in [0.25, 0.3) is 0 Å². The van der Waals surface area contributed by atoms with Gasteiger partial charge in [0.1, 0.15) is 11.6 Å². The van der Waals surface area contributed by atoms with Crippen LogP contribution in [0.15, 0.2) is 0 Å². The SMILES string of the molecule is CC(C)(CCC(=O)C1CCC2(C)CC2C1)CCC(=O)C1CCC2(C)OC2C1. The Labute approximate surface area is 165 Å². The average Bonchev–Trinajstić information content (AvgIpc) is 3.49. The van der Waals surface area contributed by atoms with Crippen molar-refractivity contribution in [1.29, 1.82) is 0 Å². The van der Waals surface area contributed by atoms with Crippen LogP contribution in [0.2, 0.25) is 0 Å². The largest absolute Gasteiger partial charge is 0.366 e. The molecule has 3 saturated carbocycles. The number of carbonyl (C=O) groups is 2. The Hall–Kier alpha value is -0.700. The molecule has 1 saturated heterocycles. The third-order valence-electron chi connectivity index (χ3n) is 8.70. The lowest BCUT2D eigenvalue weighted by Gasteiger charge is -2.28. The van der Waals surface area contributed by atoms with Crippen LogP contribution < -0.4 is 0 Å². The predicted octanol–water partition coefficient (Wildman–Crippen LogP) is 5.50. The standard InChI is InChI=1S/C24H38O3/c1-22(2,9-7-19(25)16-5-11-23(3)15-18(23)13-16)10-8-20(26)17-6-12-24(4)21(14-17)27-24/h16-18,21H,5-15H2,1-4H3. The second-order valence-electron chi connectivity index (χ2n) is 11.5. The molecule has 6 atom stereocenters. The quantitative estimate of drug-likeness (QED) is 0.527. The lowest BCUT2D eigenvalue weighted by Crippen LogP contribution is -2.27. The molecule has 27 heavy (non-hydrogen) atoms. The van der Waals surface area contributed by atoms with E-state index in [1.807, 2.05) is 0 Å². The molecule has 0 N–H and O–H groups in total. The monoisotopic (exact) mass is 374 g/mol. The Morgan fingerprint density at radius 3 is 2.15 bits per heavy atom. The Morgan fingerprint density at radius 1 is 0.963 bits per heavy atom. The highest BCUT2D eigenvalue weighted by Crippen LogP contribution is 2.62. The molecule has 1 aliphatic heterocycles. The summed E-state index contributed by atoms with van der Waals surface area (Å²) in [6, 6.07) is 0. The molecule has 0 aromatic rings. The lowest BCUT2D eigenvalue weighted by atomic mass is 9.75. The Bertz CT molecular complexity index is 571. The van der Waals surface area contributed by atoms with Crippen LogP contribution in [0.5, 0.6) is 0 Å². The Balaban J connectivity index is 1.17. The first-order valence-corrected chi connectivity index (χ1v) is 11.3. The molecule has 3 heteroatoms. The molecule has 4 aliphatic rings. The highest BCUT2D eigenvalue weighted by molar-refractivity contribution is 5.82. The van der Waals surface area contributed by atoms with Gasteiger partial charge in [0.15, 0.2) is 0 Å². The molecule has 0 spiro atoms. The normalized spacial score (nSPS) is 42.8. The minimum absolute atomic E-state index is 0.0767. The van der Waals surface area contributed by atoms with Crippen molar-refractivity contribution in [3.63, 3.8) is 0 Å². The van der Waals surface area contributed by atoms with Gasteiger partial charge < -0.3 is 4.74 Å². The van der Waals surface area contributed by atoms with Crippen LogP contribution in [-0.2, 0) is 14.3 Å². The topological polar surface area (TPSA) is 46.7 Å². The zero-order valence-corrected chi connectivity index (χ0v) is 17.8. The first kappa shape index (κ1) is 19.6. The van der Waals surface area contributed by atoms with Gasteiger partial charge in [-0.3, -0.25) is 9.59 Å². The van der Waals surface area contributed by atoms with Crippen LogP contribution in [0, 0.1) is 28.6 Å². The molecule has 3 nitrogen and oxygen atoms in total. The van der Waals surface area contributed by atoms with Gasteiger partial charge in [-0.25, -0.2) is 0 Å². The van der Waals surface area contributed by atoms with E-state index in [0.717, 1.165) is 50.9 Å². The molecular weight excluding hydrogens is 336 g/mol. The predicted molar refractivity (Wildman–Crippen MR) is 106 cm³/mol. The highest BCUT2D eigenvalue weighted by atomic mass is 16.6. The van der Waals surface area contributed by atoms with E-state index in [1.165, 1.54) is 12.8 Å². The maximum atomic E-state index is 12.7. The molecule has 152 valence electrons. The van der Waals surface area contributed by atoms with Gasteiger partial charge >= 0.3 is 0 Å². The van der Waals surface area contributed by atoms with Crippen LogP contribution in [0.4, 0.5) is 0 Å². The number of carbonyl (C=O) groups excluding carboxylic acids is 2. The van der Waals surface area contributed by atoms with E-state index in [1.54, 1.807) is 0 Å². The first-order chi connectivity index (χ1) is 12.6. The van der Waals surface area contributed by atoms with Crippen molar-refractivity contribution < 1.29 is 14.3 Å². The van der Waals surface area contributed by atoms with E-state index in [-0.39, 0.29) is 16.9 Å². The third-order valence-corrected chi connectivity index (χ3v) is 8.70. The van der Waals surface area contributed by atoms with E-state index >= 15 is 0 Å². The molecule has 0 aromatic heterocycles. The summed E-state index contributed by atoms with van der Waals surface area (Å²) in [5.41, 5.74) is 0.749. The molecule has 0 bridgehead atoms. The second kappa shape index (κ2) is 6.68. The number of fused-ring (bicyclic) bond motifs is 2. The van der Waals surface area contributed by atoms with Gasteiger partial charge in [-0.1, -0.05) is 20.8 Å². The fraction of sp³-hybridized carbons (Fsp3) is 0.917. The Morgan fingerprint density at radius 2 is 1.56 bits per heavy atom. The highest BCUT2D eigenvalue weighted by Gasteiger charge is 2.56. The van der Waals surface area contributed by atoms with E-state index in [9.17, 15) is 9.59 Å². The number of epoxide rings is 1. The molecule has 1 heterocycles. The maximum Gasteiger partial charge on any atom is 0.136 e. The van der Waals surface area contributed by atoms with Gasteiger partial charge in [0.05, 0.1) is 11.7 Å². The van der Waals surface area contributed by atoms with Crippen molar-refractivity contribution >= 4 is 11.6 Å². The number of rotatable bonds is 8. The van der Waals surface area contributed by atoms with Gasteiger partial charge in [0, 0.05) is 24.7 Å². The summed E-state index contributed by atoms with van der Waals surface area (Å²) in [5, 5.41) is 0.